The first kappa shape index (κ1) is 16.1. The van der Waals surface area contributed by atoms with Crippen molar-refractivity contribution in [1.82, 2.24) is 15.5 Å². The summed E-state index contributed by atoms with van der Waals surface area (Å²) in [6.07, 6.45) is 3.63. The predicted octanol–water partition coefficient (Wildman–Crippen LogP) is 3.31. The maximum absolute atomic E-state index is 6.35. The van der Waals surface area contributed by atoms with Crippen LogP contribution in [0.15, 0.2) is 24.4 Å². The zero-order valence-corrected chi connectivity index (χ0v) is 13.4. The molecule has 1 aliphatic heterocycles. The molecule has 1 atom stereocenters. The van der Waals surface area contributed by atoms with Crippen LogP contribution in [0.3, 0.4) is 0 Å². The summed E-state index contributed by atoms with van der Waals surface area (Å²) >= 11 is 6.35. The second kappa shape index (κ2) is 7.16. The van der Waals surface area contributed by atoms with Crippen molar-refractivity contribution in [3.63, 3.8) is 0 Å². The lowest BCUT2D eigenvalue weighted by Gasteiger charge is -2.19. The Morgan fingerprint density at radius 3 is 2.81 bits per heavy atom. The summed E-state index contributed by atoms with van der Waals surface area (Å²) in [4.78, 5) is 0. The van der Waals surface area contributed by atoms with E-state index in [1.165, 1.54) is 11.1 Å². The first-order valence-electron chi connectivity index (χ1n) is 6.93. The largest absolute Gasteiger partial charge is 0.482 e. The zero-order chi connectivity index (χ0) is 13.9. The summed E-state index contributed by atoms with van der Waals surface area (Å²) in [5.41, 5.74) is 3.43. The predicted molar refractivity (Wildman–Crippen MR) is 86.6 cm³/mol. The third-order valence-corrected chi connectivity index (χ3v) is 3.96. The van der Waals surface area contributed by atoms with Gasteiger partial charge in [-0.15, -0.1) is 12.4 Å². The second-order valence-electron chi connectivity index (χ2n) is 5.02. The van der Waals surface area contributed by atoms with Crippen molar-refractivity contribution >= 4 is 24.0 Å². The number of aromatic nitrogens is 2. The van der Waals surface area contributed by atoms with Gasteiger partial charge in [0.05, 0.1) is 5.02 Å². The van der Waals surface area contributed by atoms with Gasteiger partial charge in [-0.25, -0.2) is 0 Å². The van der Waals surface area contributed by atoms with E-state index in [1.54, 1.807) is 6.20 Å². The minimum Gasteiger partial charge on any atom is -0.482 e. The molecule has 0 bridgehead atoms. The van der Waals surface area contributed by atoms with Crippen LogP contribution in [0.2, 0.25) is 5.02 Å². The average Bonchev–Trinajstić information content (AvgIpc) is 2.88. The number of nitrogens with one attached hydrogen (secondary N) is 2. The second-order valence-corrected chi connectivity index (χ2v) is 5.43. The third kappa shape index (κ3) is 3.51. The molecule has 2 heterocycles. The number of nitrogens with zero attached hydrogens (tertiary/aromatic N) is 1. The number of aromatic amines is 1. The quantitative estimate of drug-likeness (QED) is 0.909. The van der Waals surface area contributed by atoms with Crippen molar-refractivity contribution in [2.24, 2.45) is 0 Å². The minimum atomic E-state index is -0.124. The Morgan fingerprint density at radius 1 is 1.24 bits per heavy atom. The summed E-state index contributed by atoms with van der Waals surface area (Å²) in [5, 5.41) is 11.1. The van der Waals surface area contributed by atoms with E-state index >= 15 is 0 Å². The van der Waals surface area contributed by atoms with Crippen molar-refractivity contribution in [2.45, 2.75) is 25.9 Å². The molecule has 1 aromatic heterocycles. The molecular formula is C15H19Cl2N3O. The molecule has 4 nitrogen and oxygen atoms in total. The Bertz CT molecular complexity index is 587. The van der Waals surface area contributed by atoms with Crippen molar-refractivity contribution in [1.29, 1.82) is 0 Å². The Balaban J connectivity index is 0.00000161. The summed E-state index contributed by atoms with van der Waals surface area (Å²) in [7, 11) is 0. The van der Waals surface area contributed by atoms with E-state index in [0.717, 1.165) is 37.4 Å². The highest BCUT2D eigenvalue weighted by Crippen LogP contribution is 2.35. The van der Waals surface area contributed by atoms with Crippen molar-refractivity contribution in [3.8, 4) is 5.75 Å². The fourth-order valence-corrected chi connectivity index (χ4v) is 2.79. The Hall–Kier alpha value is -1.23. The molecule has 2 aromatic rings. The van der Waals surface area contributed by atoms with Crippen LogP contribution in [-0.4, -0.2) is 23.3 Å². The van der Waals surface area contributed by atoms with Crippen LogP contribution in [0.5, 0.6) is 5.75 Å². The van der Waals surface area contributed by atoms with Crippen LogP contribution in [0.4, 0.5) is 0 Å². The first-order chi connectivity index (χ1) is 9.75. The number of benzene rings is 1. The summed E-state index contributed by atoms with van der Waals surface area (Å²) in [6, 6.07) is 5.96. The lowest BCUT2D eigenvalue weighted by atomic mass is 10.0. The van der Waals surface area contributed by atoms with Gasteiger partial charge >= 0.3 is 0 Å². The van der Waals surface area contributed by atoms with Crippen LogP contribution in [-0.2, 0) is 12.8 Å². The normalized spacial score (nSPS) is 15.5. The first-order valence-corrected chi connectivity index (χ1v) is 7.31. The van der Waals surface area contributed by atoms with Gasteiger partial charge in [0.2, 0.25) is 0 Å². The van der Waals surface area contributed by atoms with Gasteiger partial charge in [-0.3, -0.25) is 5.10 Å². The lowest BCUT2D eigenvalue weighted by molar-refractivity contribution is 0.219. The molecule has 21 heavy (non-hydrogen) atoms. The highest BCUT2D eigenvalue weighted by atomic mass is 35.5. The van der Waals surface area contributed by atoms with E-state index < -0.39 is 0 Å². The van der Waals surface area contributed by atoms with Gasteiger partial charge in [0.15, 0.2) is 0 Å². The zero-order valence-electron chi connectivity index (χ0n) is 11.9. The third-order valence-electron chi connectivity index (χ3n) is 3.67. The van der Waals surface area contributed by atoms with Gasteiger partial charge in [-0.05, 0) is 50.6 Å². The number of halogens is 2. The van der Waals surface area contributed by atoms with E-state index in [-0.39, 0.29) is 18.5 Å². The number of H-pyrrole nitrogens is 1. The number of rotatable bonds is 3. The van der Waals surface area contributed by atoms with Crippen LogP contribution in [0, 0.1) is 0 Å². The van der Waals surface area contributed by atoms with E-state index in [4.69, 9.17) is 16.3 Å². The van der Waals surface area contributed by atoms with Gasteiger partial charge in [-0.1, -0.05) is 17.7 Å². The molecule has 1 aromatic carbocycles. The molecule has 0 saturated heterocycles. The molecule has 0 saturated carbocycles. The number of hydrogen-bond acceptors (Lipinski definition) is 3. The van der Waals surface area contributed by atoms with Crippen LogP contribution in [0.1, 0.15) is 29.8 Å². The van der Waals surface area contributed by atoms with Gasteiger partial charge in [-0.2, -0.15) is 5.10 Å². The van der Waals surface area contributed by atoms with Crippen LogP contribution < -0.4 is 10.1 Å². The van der Waals surface area contributed by atoms with Gasteiger partial charge < -0.3 is 10.1 Å². The fraction of sp³-hybridized carbons (Fsp3) is 0.400. The van der Waals surface area contributed by atoms with Crippen molar-refractivity contribution in [3.05, 3.63) is 46.2 Å². The molecule has 1 aliphatic rings. The van der Waals surface area contributed by atoms with E-state index in [9.17, 15) is 0 Å². The van der Waals surface area contributed by atoms with Crippen LogP contribution in [0.25, 0.3) is 0 Å². The molecule has 2 N–H and O–H groups in total. The van der Waals surface area contributed by atoms with Gasteiger partial charge in [0.1, 0.15) is 17.5 Å². The topological polar surface area (TPSA) is 49.9 Å². The minimum absolute atomic E-state index is 0. The lowest BCUT2D eigenvalue weighted by Crippen LogP contribution is -2.16. The number of hydrogen-bond donors (Lipinski definition) is 2. The molecule has 0 amide bonds. The van der Waals surface area contributed by atoms with E-state index in [2.05, 4.69) is 21.6 Å². The van der Waals surface area contributed by atoms with E-state index in [0.29, 0.717) is 5.02 Å². The summed E-state index contributed by atoms with van der Waals surface area (Å²) in [5.74, 6) is 0.809. The molecule has 6 heteroatoms. The molecule has 1 unspecified atom stereocenters. The maximum atomic E-state index is 6.35. The molecule has 3 rings (SSSR count). The fourth-order valence-electron chi connectivity index (χ4n) is 2.57. The Morgan fingerprint density at radius 2 is 2.05 bits per heavy atom. The molecule has 0 aliphatic carbocycles. The average molecular weight is 328 g/mol. The highest BCUT2D eigenvalue weighted by molar-refractivity contribution is 6.32. The highest BCUT2D eigenvalue weighted by Gasteiger charge is 2.19. The maximum Gasteiger partial charge on any atom is 0.142 e. The number of fused-ring (bicyclic) bond motifs is 1. The molecule has 114 valence electrons. The molecule has 0 radical (unpaired) electrons. The number of ether oxygens (including phenoxy) is 1. The van der Waals surface area contributed by atoms with E-state index in [1.807, 2.05) is 19.1 Å². The molecular weight excluding hydrogens is 309 g/mol. The Kier molecular flexibility index (Phi) is 5.51. The van der Waals surface area contributed by atoms with Crippen molar-refractivity contribution < 1.29 is 4.74 Å². The SMILES string of the molecule is CC(Oc1c(Cl)ccc2c1CCNCC2)c1cc[nH]n1.Cl. The summed E-state index contributed by atoms with van der Waals surface area (Å²) < 4.78 is 6.10. The van der Waals surface area contributed by atoms with Crippen molar-refractivity contribution in [2.75, 3.05) is 13.1 Å². The Labute approximate surface area is 135 Å². The smallest absolute Gasteiger partial charge is 0.142 e. The summed E-state index contributed by atoms with van der Waals surface area (Å²) in [6.45, 7) is 3.95. The monoisotopic (exact) mass is 327 g/mol. The van der Waals surface area contributed by atoms with Gasteiger partial charge in [0.25, 0.3) is 0 Å². The standard InChI is InChI=1S/C15H18ClN3O.ClH/c1-10(14-6-9-18-19-14)20-15-12-5-8-17-7-4-11(12)2-3-13(15)16;/h2-3,6,9-10,17H,4-5,7-8H2,1H3,(H,18,19);1H. The molecule has 0 spiro atoms. The van der Waals surface area contributed by atoms with Crippen LogP contribution >= 0.6 is 24.0 Å². The molecule has 0 fully saturated rings. The van der Waals surface area contributed by atoms with Gasteiger partial charge in [0, 0.05) is 11.8 Å².